The first-order valence-corrected chi connectivity index (χ1v) is 10.2. The van der Waals surface area contributed by atoms with Crippen molar-refractivity contribution in [1.29, 1.82) is 0 Å². The minimum Gasteiger partial charge on any atom is -0.322 e. The number of amides is 1. The molecule has 0 saturated carbocycles. The van der Waals surface area contributed by atoms with Crippen molar-refractivity contribution in [3.8, 4) is 0 Å². The summed E-state index contributed by atoms with van der Waals surface area (Å²) in [5, 5.41) is 2.42. The van der Waals surface area contributed by atoms with E-state index in [-0.39, 0.29) is 21.2 Å². The zero-order valence-corrected chi connectivity index (χ0v) is 16.0. The Bertz CT molecular complexity index is 1000. The summed E-state index contributed by atoms with van der Waals surface area (Å²) < 4.78 is 65.2. The quantitative estimate of drug-likeness (QED) is 0.779. The van der Waals surface area contributed by atoms with E-state index < -0.39 is 27.7 Å². The van der Waals surface area contributed by atoms with Gasteiger partial charge in [-0.15, -0.1) is 0 Å². The second-order valence-corrected chi connectivity index (χ2v) is 8.60. The van der Waals surface area contributed by atoms with E-state index in [0.717, 1.165) is 31.0 Å². The molecule has 2 aromatic rings. The van der Waals surface area contributed by atoms with Gasteiger partial charge in [-0.05, 0) is 49.2 Å². The maximum Gasteiger partial charge on any atom is 0.416 e. The van der Waals surface area contributed by atoms with Crippen molar-refractivity contribution in [3.05, 3.63) is 58.6 Å². The lowest BCUT2D eigenvalue weighted by Crippen LogP contribution is -2.28. The number of hydrogen-bond acceptors (Lipinski definition) is 3. The van der Waals surface area contributed by atoms with E-state index in [9.17, 15) is 26.4 Å². The lowest BCUT2D eigenvalue weighted by Gasteiger charge is -2.17. The van der Waals surface area contributed by atoms with Crippen LogP contribution < -0.4 is 5.32 Å². The Kier molecular flexibility index (Phi) is 5.69. The predicted molar refractivity (Wildman–Crippen MR) is 98.8 cm³/mol. The fourth-order valence-electron chi connectivity index (χ4n) is 2.89. The molecule has 1 aliphatic heterocycles. The number of sulfonamides is 1. The third-order valence-electron chi connectivity index (χ3n) is 4.32. The van der Waals surface area contributed by atoms with Crippen molar-refractivity contribution in [2.75, 3.05) is 18.4 Å². The Balaban J connectivity index is 1.87. The Morgan fingerprint density at radius 1 is 1.07 bits per heavy atom. The molecule has 1 heterocycles. The van der Waals surface area contributed by atoms with Crippen LogP contribution in [0.25, 0.3) is 0 Å². The first-order valence-electron chi connectivity index (χ1n) is 8.37. The zero-order valence-electron chi connectivity index (χ0n) is 14.5. The van der Waals surface area contributed by atoms with Gasteiger partial charge in [0.2, 0.25) is 10.0 Å². The summed E-state index contributed by atoms with van der Waals surface area (Å²) in [6.45, 7) is 0.777. The number of alkyl halides is 3. The smallest absolute Gasteiger partial charge is 0.322 e. The minimum absolute atomic E-state index is 0.00367. The zero-order chi connectivity index (χ0) is 20.5. The molecule has 1 N–H and O–H groups in total. The Labute approximate surface area is 165 Å². The third kappa shape index (κ3) is 4.31. The van der Waals surface area contributed by atoms with Gasteiger partial charge in [-0.1, -0.05) is 17.7 Å². The molecule has 0 bridgehead atoms. The normalized spacial score (nSPS) is 15.6. The molecule has 0 radical (unpaired) electrons. The molecular formula is C18H16ClF3N2O3S. The van der Waals surface area contributed by atoms with Gasteiger partial charge in [-0.2, -0.15) is 17.5 Å². The second-order valence-electron chi connectivity index (χ2n) is 6.29. The monoisotopic (exact) mass is 432 g/mol. The number of hydrogen-bond donors (Lipinski definition) is 1. The van der Waals surface area contributed by atoms with Gasteiger partial charge in [-0.3, -0.25) is 4.79 Å². The molecule has 150 valence electrons. The van der Waals surface area contributed by atoms with Crippen molar-refractivity contribution in [3.63, 3.8) is 0 Å². The molecule has 0 aliphatic carbocycles. The predicted octanol–water partition coefficient (Wildman–Crippen LogP) is 4.40. The molecule has 2 aromatic carbocycles. The topological polar surface area (TPSA) is 66.5 Å². The van der Waals surface area contributed by atoms with Gasteiger partial charge in [0.25, 0.3) is 5.91 Å². The summed E-state index contributed by atoms with van der Waals surface area (Å²) in [6.07, 6.45) is -3.07. The minimum atomic E-state index is -4.58. The number of carbonyl (C=O) groups excluding carboxylic acids is 1. The highest BCUT2D eigenvalue weighted by molar-refractivity contribution is 7.89. The third-order valence-corrected chi connectivity index (χ3v) is 6.70. The Morgan fingerprint density at radius 2 is 1.75 bits per heavy atom. The molecule has 1 saturated heterocycles. The van der Waals surface area contributed by atoms with Crippen molar-refractivity contribution in [1.82, 2.24) is 4.31 Å². The highest BCUT2D eigenvalue weighted by Crippen LogP contribution is 2.31. The highest BCUT2D eigenvalue weighted by Gasteiger charge is 2.31. The fourth-order valence-corrected chi connectivity index (χ4v) is 4.90. The van der Waals surface area contributed by atoms with Gasteiger partial charge in [0.05, 0.1) is 10.6 Å². The maximum absolute atomic E-state index is 12.8. The standard InChI is InChI=1S/C18H16ClF3N2O3S/c19-15-7-6-14(11-16(15)28(26,27)24-8-1-2-9-24)23-17(25)12-4-3-5-13(10-12)18(20,21)22/h3-7,10-11H,1-2,8-9H2,(H,23,25). The number of nitrogens with zero attached hydrogens (tertiary/aromatic N) is 1. The molecule has 0 atom stereocenters. The van der Waals surface area contributed by atoms with E-state index in [1.165, 1.54) is 28.6 Å². The Hall–Kier alpha value is -2.10. The highest BCUT2D eigenvalue weighted by atomic mass is 35.5. The van der Waals surface area contributed by atoms with Crippen LogP contribution in [0.4, 0.5) is 18.9 Å². The molecule has 0 aromatic heterocycles. The van der Waals surface area contributed by atoms with Crippen LogP contribution in [-0.4, -0.2) is 31.7 Å². The molecule has 28 heavy (non-hydrogen) atoms. The van der Waals surface area contributed by atoms with E-state index in [4.69, 9.17) is 11.6 Å². The van der Waals surface area contributed by atoms with Crippen LogP contribution in [0.3, 0.4) is 0 Å². The molecule has 0 spiro atoms. The number of anilines is 1. The van der Waals surface area contributed by atoms with Gasteiger partial charge in [0.15, 0.2) is 0 Å². The van der Waals surface area contributed by atoms with E-state index >= 15 is 0 Å². The molecule has 1 aliphatic rings. The molecule has 10 heteroatoms. The summed E-state index contributed by atoms with van der Waals surface area (Å²) in [5.74, 6) is -0.794. The van der Waals surface area contributed by atoms with Crippen LogP contribution in [0.1, 0.15) is 28.8 Å². The molecule has 3 rings (SSSR count). The van der Waals surface area contributed by atoms with Crippen LogP contribution in [-0.2, 0) is 16.2 Å². The van der Waals surface area contributed by atoms with E-state index in [1.54, 1.807) is 0 Å². The van der Waals surface area contributed by atoms with E-state index in [2.05, 4.69) is 5.32 Å². The number of halogens is 4. The second kappa shape index (κ2) is 7.73. The molecular weight excluding hydrogens is 417 g/mol. The molecule has 5 nitrogen and oxygen atoms in total. The lowest BCUT2D eigenvalue weighted by molar-refractivity contribution is -0.137. The van der Waals surface area contributed by atoms with Crippen LogP contribution >= 0.6 is 11.6 Å². The average Bonchev–Trinajstić information content (AvgIpc) is 3.18. The summed E-state index contributed by atoms with van der Waals surface area (Å²) in [4.78, 5) is 12.2. The largest absolute Gasteiger partial charge is 0.416 e. The van der Waals surface area contributed by atoms with Gasteiger partial charge in [0.1, 0.15) is 4.90 Å². The Morgan fingerprint density at radius 3 is 2.39 bits per heavy atom. The number of rotatable bonds is 4. The summed E-state index contributed by atoms with van der Waals surface area (Å²) in [7, 11) is -3.82. The van der Waals surface area contributed by atoms with Gasteiger partial charge in [-0.25, -0.2) is 8.42 Å². The van der Waals surface area contributed by atoms with E-state index in [1.807, 2.05) is 0 Å². The number of carbonyl (C=O) groups is 1. The molecule has 0 unspecified atom stereocenters. The van der Waals surface area contributed by atoms with Crippen molar-refractivity contribution in [2.45, 2.75) is 23.9 Å². The number of benzene rings is 2. The van der Waals surface area contributed by atoms with Gasteiger partial charge in [0, 0.05) is 24.3 Å². The molecule has 1 amide bonds. The van der Waals surface area contributed by atoms with Crippen molar-refractivity contribution >= 4 is 33.2 Å². The first kappa shape index (κ1) is 20.6. The SMILES string of the molecule is O=C(Nc1ccc(Cl)c(S(=O)(=O)N2CCCC2)c1)c1cccc(C(F)(F)F)c1. The summed E-state index contributed by atoms with van der Waals surface area (Å²) in [5.41, 5.74) is -1.04. The average molecular weight is 433 g/mol. The summed E-state index contributed by atoms with van der Waals surface area (Å²) in [6, 6.07) is 7.88. The van der Waals surface area contributed by atoms with Crippen LogP contribution in [0, 0.1) is 0 Å². The fraction of sp³-hybridized carbons (Fsp3) is 0.278. The van der Waals surface area contributed by atoms with Crippen LogP contribution in [0.15, 0.2) is 47.4 Å². The first-order chi connectivity index (χ1) is 13.1. The molecule has 1 fully saturated rings. The lowest BCUT2D eigenvalue weighted by atomic mass is 10.1. The van der Waals surface area contributed by atoms with Crippen LogP contribution in [0.5, 0.6) is 0 Å². The summed E-state index contributed by atoms with van der Waals surface area (Å²) >= 11 is 6.04. The van der Waals surface area contributed by atoms with Crippen molar-refractivity contribution in [2.24, 2.45) is 0 Å². The maximum atomic E-state index is 12.8. The van der Waals surface area contributed by atoms with Gasteiger partial charge < -0.3 is 5.32 Å². The van der Waals surface area contributed by atoms with Crippen LogP contribution in [0.2, 0.25) is 5.02 Å². The van der Waals surface area contributed by atoms with Gasteiger partial charge >= 0.3 is 6.18 Å². The van der Waals surface area contributed by atoms with E-state index in [0.29, 0.717) is 13.1 Å². The number of nitrogens with one attached hydrogen (secondary N) is 1. The van der Waals surface area contributed by atoms with Crippen molar-refractivity contribution < 1.29 is 26.4 Å².